The van der Waals surface area contributed by atoms with Crippen molar-refractivity contribution in [3.63, 3.8) is 0 Å². The third-order valence-corrected chi connectivity index (χ3v) is 3.16. The van der Waals surface area contributed by atoms with Gasteiger partial charge in [0, 0.05) is 6.20 Å². The van der Waals surface area contributed by atoms with E-state index in [9.17, 15) is 4.79 Å². The quantitative estimate of drug-likeness (QED) is 0.756. The highest BCUT2D eigenvalue weighted by Crippen LogP contribution is 2.22. The minimum Gasteiger partial charge on any atom is -0.366 e. The molecule has 0 spiro atoms. The maximum Gasteiger partial charge on any atom is 0.250 e. The van der Waals surface area contributed by atoms with Crippen molar-refractivity contribution in [3.05, 3.63) is 53.9 Å². The number of para-hydroxylation sites is 1. The van der Waals surface area contributed by atoms with Gasteiger partial charge in [0.15, 0.2) is 5.11 Å². The van der Waals surface area contributed by atoms with Crippen molar-refractivity contribution in [2.45, 2.75) is 13.3 Å². The van der Waals surface area contributed by atoms with E-state index in [1.54, 1.807) is 24.5 Å². The smallest absolute Gasteiger partial charge is 0.250 e. The van der Waals surface area contributed by atoms with Crippen LogP contribution in [0.15, 0.2) is 42.7 Å². The third-order valence-electron chi connectivity index (χ3n) is 2.96. The van der Waals surface area contributed by atoms with Gasteiger partial charge in [0.05, 0.1) is 23.1 Å². The van der Waals surface area contributed by atoms with Gasteiger partial charge in [-0.3, -0.25) is 9.78 Å². The average Bonchev–Trinajstić information content (AvgIpc) is 2.48. The summed E-state index contributed by atoms with van der Waals surface area (Å²) in [6.45, 7) is 2.00. The number of hydrogen-bond acceptors (Lipinski definition) is 3. The molecule has 0 aliphatic rings. The molecule has 0 unspecified atom stereocenters. The molecule has 1 aromatic carbocycles. The number of carbonyl (C=O) groups is 1. The molecule has 0 bridgehead atoms. The Kier molecular flexibility index (Phi) is 4.84. The van der Waals surface area contributed by atoms with Gasteiger partial charge in [-0.1, -0.05) is 19.1 Å². The number of rotatable bonds is 4. The van der Waals surface area contributed by atoms with Crippen LogP contribution in [0.4, 0.5) is 11.4 Å². The Bertz CT molecular complexity index is 658. The molecule has 2 aromatic rings. The minimum atomic E-state index is -0.489. The molecule has 2 rings (SSSR count). The lowest BCUT2D eigenvalue weighted by molar-refractivity contribution is 0.100. The van der Waals surface area contributed by atoms with Crippen LogP contribution in [-0.4, -0.2) is 16.0 Å². The van der Waals surface area contributed by atoms with Gasteiger partial charge in [-0.2, -0.15) is 0 Å². The monoisotopic (exact) mass is 300 g/mol. The maximum absolute atomic E-state index is 11.5. The second-order valence-corrected chi connectivity index (χ2v) is 4.79. The predicted molar refractivity (Wildman–Crippen MR) is 88.4 cm³/mol. The van der Waals surface area contributed by atoms with Crippen molar-refractivity contribution in [3.8, 4) is 0 Å². The molecule has 0 radical (unpaired) electrons. The second-order valence-electron chi connectivity index (χ2n) is 4.38. The molecule has 0 aliphatic heterocycles. The van der Waals surface area contributed by atoms with E-state index in [4.69, 9.17) is 18.0 Å². The van der Waals surface area contributed by atoms with Crippen LogP contribution >= 0.6 is 12.2 Å². The summed E-state index contributed by atoms with van der Waals surface area (Å²) in [7, 11) is 0. The van der Waals surface area contributed by atoms with Gasteiger partial charge in [-0.15, -0.1) is 0 Å². The molecule has 1 aromatic heterocycles. The summed E-state index contributed by atoms with van der Waals surface area (Å²) in [4.78, 5) is 15.5. The summed E-state index contributed by atoms with van der Waals surface area (Å²) >= 11 is 5.27. The van der Waals surface area contributed by atoms with Crippen molar-refractivity contribution in [1.82, 2.24) is 4.98 Å². The number of pyridine rings is 1. The molecule has 0 fully saturated rings. The van der Waals surface area contributed by atoms with Crippen LogP contribution in [0.25, 0.3) is 0 Å². The number of carbonyl (C=O) groups excluding carboxylic acids is 1. The molecule has 1 amide bonds. The largest absolute Gasteiger partial charge is 0.366 e. The van der Waals surface area contributed by atoms with E-state index in [0.29, 0.717) is 16.4 Å². The van der Waals surface area contributed by atoms with E-state index in [1.807, 2.05) is 25.1 Å². The number of aromatic nitrogens is 1. The third kappa shape index (κ3) is 3.76. The lowest BCUT2D eigenvalue weighted by atomic mass is 10.0. The fourth-order valence-corrected chi connectivity index (χ4v) is 2.18. The number of amides is 1. The van der Waals surface area contributed by atoms with E-state index in [2.05, 4.69) is 15.6 Å². The zero-order valence-corrected chi connectivity index (χ0v) is 12.4. The fraction of sp³-hybridized carbons (Fsp3) is 0.133. The van der Waals surface area contributed by atoms with Gasteiger partial charge in [0.1, 0.15) is 0 Å². The van der Waals surface area contributed by atoms with Gasteiger partial charge in [-0.25, -0.2) is 0 Å². The first-order valence-corrected chi connectivity index (χ1v) is 6.92. The number of nitrogens with zero attached hydrogens (tertiary/aromatic N) is 1. The molecule has 1 heterocycles. The fourth-order valence-electron chi connectivity index (χ4n) is 1.96. The molecule has 0 saturated heterocycles. The number of primary amides is 1. The summed E-state index contributed by atoms with van der Waals surface area (Å²) in [6.07, 6.45) is 4.10. The summed E-state index contributed by atoms with van der Waals surface area (Å²) in [5, 5.41) is 6.45. The summed E-state index contributed by atoms with van der Waals surface area (Å²) < 4.78 is 0. The number of anilines is 2. The van der Waals surface area contributed by atoms with Gasteiger partial charge in [-0.05, 0) is 42.4 Å². The summed E-state index contributed by atoms with van der Waals surface area (Å²) in [5.74, 6) is -0.489. The highest BCUT2D eigenvalue weighted by molar-refractivity contribution is 7.80. The summed E-state index contributed by atoms with van der Waals surface area (Å²) in [6, 6.07) is 9.07. The van der Waals surface area contributed by atoms with Gasteiger partial charge >= 0.3 is 0 Å². The van der Waals surface area contributed by atoms with E-state index in [1.165, 1.54) is 0 Å². The first-order chi connectivity index (χ1) is 10.1. The van der Waals surface area contributed by atoms with Crippen molar-refractivity contribution >= 4 is 34.6 Å². The highest BCUT2D eigenvalue weighted by atomic mass is 32.1. The summed E-state index contributed by atoms with van der Waals surface area (Å²) in [5.41, 5.74) is 8.22. The van der Waals surface area contributed by atoms with Crippen LogP contribution in [0.3, 0.4) is 0 Å². The highest BCUT2D eigenvalue weighted by Gasteiger charge is 2.12. The minimum absolute atomic E-state index is 0.381. The predicted octanol–water partition coefficient (Wildman–Crippen LogP) is 2.55. The maximum atomic E-state index is 11.5. The Morgan fingerprint density at radius 1 is 1.29 bits per heavy atom. The number of hydrogen-bond donors (Lipinski definition) is 3. The Labute approximate surface area is 128 Å². The van der Waals surface area contributed by atoms with Crippen molar-refractivity contribution < 1.29 is 4.79 Å². The number of aryl methyl sites for hydroxylation is 1. The molecule has 0 atom stereocenters. The van der Waals surface area contributed by atoms with Crippen molar-refractivity contribution in [2.24, 2.45) is 5.73 Å². The van der Waals surface area contributed by atoms with Crippen LogP contribution in [0.2, 0.25) is 0 Å². The van der Waals surface area contributed by atoms with Crippen LogP contribution in [0, 0.1) is 0 Å². The van der Waals surface area contributed by atoms with E-state index in [0.717, 1.165) is 17.7 Å². The molecule has 4 N–H and O–H groups in total. The Morgan fingerprint density at radius 2 is 2.10 bits per heavy atom. The molecular formula is C15H16N4OS. The van der Waals surface area contributed by atoms with Crippen LogP contribution in [0.1, 0.15) is 22.8 Å². The second kappa shape index (κ2) is 6.81. The Balaban J connectivity index is 2.22. The van der Waals surface area contributed by atoms with Crippen LogP contribution in [-0.2, 0) is 6.42 Å². The molecule has 108 valence electrons. The lowest BCUT2D eigenvalue weighted by Crippen LogP contribution is -2.23. The van der Waals surface area contributed by atoms with Gasteiger partial charge < -0.3 is 16.4 Å². The normalized spacial score (nSPS) is 9.95. The molecule has 5 nitrogen and oxygen atoms in total. The SMILES string of the molecule is CCc1cccc(C(N)=O)c1NC(=S)Nc1cccnc1. The standard InChI is InChI=1S/C15H16N4OS/c1-2-10-5-3-7-12(14(16)20)13(10)19-15(21)18-11-6-4-8-17-9-11/h3-9H,2H2,1H3,(H2,16,20)(H2,18,19,21). The zero-order valence-electron chi connectivity index (χ0n) is 11.6. The van der Waals surface area contributed by atoms with E-state index in [-0.39, 0.29) is 0 Å². The molecule has 0 aliphatic carbocycles. The Morgan fingerprint density at radius 3 is 2.71 bits per heavy atom. The van der Waals surface area contributed by atoms with E-state index >= 15 is 0 Å². The van der Waals surface area contributed by atoms with Crippen LogP contribution < -0.4 is 16.4 Å². The van der Waals surface area contributed by atoms with Crippen LogP contribution in [0.5, 0.6) is 0 Å². The number of thiocarbonyl (C=S) groups is 1. The molecule has 6 heteroatoms. The number of benzene rings is 1. The molecule has 0 saturated carbocycles. The van der Waals surface area contributed by atoms with Crippen molar-refractivity contribution in [1.29, 1.82) is 0 Å². The van der Waals surface area contributed by atoms with Gasteiger partial charge in [0.25, 0.3) is 5.91 Å². The van der Waals surface area contributed by atoms with Crippen molar-refractivity contribution in [2.75, 3.05) is 10.6 Å². The average molecular weight is 300 g/mol. The first kappa shape index (κ1) is 14.9. The number of nitrogens with two attached hydrogens (primary N) is 1. The Hall–Kier alpha value is -2.47. The van der Waals surface area contributed by atoms with Gasteiger partial charge in [0.2, 0.25) is 0 Å². The topological polar surface area (TPSA) is 80.0 Å². The van der Waals surface area contributed by atoms with E-state index < -0.39 is 5.91 Å². The molecular weight excluding hydrogens is 284 g/mol. The number of nitrogens with one attached hydrogen (secondary N) is 2. The lowest BCUT2D eigenvalue weighted by Gasteiger charge is -2.16. The zero-order chi connectivity index (χ0) is 15.2. The molecule has 21 heavy (non-hydrogen) atoms. The first-order valence-electron chi connectivity index (χ1n) is 6.51.